The van der Waals surface area contributed by atoms with Crippen LogP contribution in [-0.4, -0.2) is 34.8 Å². The minimum atomic E-state index is -0.428. The molecule has 2 rings (SSSR count). The number of amides is 2. The minimum Gasteiger partial charge on any atom is -0.299 e. The van der Waals surface area contributed by atoms with Gasteiger partial charge in [-0.15, -0.1) is 0 Å². The molecule has 108 valence electrons. The van der Waals surface area contributed by atoms with Gasteiger partial charge in [0.25, 0.3) is 0 Å². The Kier molecular flexibility index (Phi) is 3.90. The molecule has 1 aromatic heterocycles. The van der Waals surface area contributed by atoms with Crippen LogP contribution in [0.3, 0.4) is 0 Å². The highest BCUT2D eigenvalue weighted by Gasteiger charge is 2.36. The van der Waals surface area contributed by atoms with Crippen LogP contribution < -0.4 is 5.32 Å². The molecule has 0 spiro atoms. The van der Waals surface area contributed by atoms with Gasteiger partial charge in [0.05, 0.1) is 12.5 Å². The van der Waals surface area contributed by atoms with Crippen molar-refractivity contribution in [3.63, 3.8) is 0 Å². The van der Waals surface area contributed by atoms with Crippen LogP contribution in [0.25, 0.3) is 0 Å². The number of nitrogens with one attached hydrogen (secondary N) is 1. The molecule has 2 amide bonds. The van der Waals surface area contributed by atoms with Crippen LogP contribution in [-0.2, 0) is 9.59 Å². The Balaban J connectivity index is 2.19. The number of hydrogen-bond donors (Lipinski definition) is 1. The zero-order valence-corrected chi connectivity index (χ0v) is 12.7. The largest absolute Gasteiger partial charge is 0.299 e. The zero-order valence-electron chi connectivity index (χ0n) is 12.7. The predicted octanol–water partition coefficient (Wildman–Crippen LogP) is 1.41. The third kappa shape index (κ3) is 2.58. The van der Waals surface area contributed by atoms with Gasteiger partial charge in [-0.05, 0) is 44.9 Å². The fourth-order valence-electron chi connectivity index (χ4n) is 2.96. The smallest absolute Gasteiger partial charge is 0.246 e. The SMILES string of the molecule is Cc1cc(C)c(C(C)NC2CC(=O)N(C)C2=O)c(C)n1. The first-order valence-corrected chi connectivity index (χ1v) is 6.82. The van der Waals surface area contributed by atoms with Crippen molar-refractivity contribution in [1.29, 1.82) is 0 Å². The van der Waals surface area contributed by atoms with E-state index >= 15 is 0 Å². The van der Waals surface area contributed by atoms with E-state index in [1.807, 2.05) is 33.8 Å². The first-order valence-electron chi connectivity index (χ1n) is 6.82. The molecule has 5 nitrogen and oxygen atoms in total. The van der Waals surface area contributed by atoms with Crippen molar-refractivity contribution >= 4 is 11.8 Å². The summed E-state index contributed by atoms with van der Waals surface area (Å²) in [5.41, 5.74) is 4.21. The Morgan fingerprint density at radius 1 is 1.35 bits per heavy atom. The first kappa shape index (κ1) is 14.7. The van der Waals surface area contributed by atoms with Gasteiger partial charge < -0.3 is 0 Å². The van der Waals surface area contributed by atoms with Crippen LogP contribution in [0.15, 0.2) is 6.07 Å². The molecule has 1 aliphatic heterocycles. The van der Waals surface area contributed by atoms with Crippen LogP contribution in [0.1, 0.15) is 41.9 Å². The van der Waals surface area contributed by atoms with Crippen molar-refractivity contribution in [3.8, 4) is 0 Å². The van der Waals surface area contributed by atoms with Crippen molar-refractivity contribution in [1.82, 2.24) is 15.2 Å². The third-order valence-electron chi connectivity index (χ3n) is 3.85. The molecule has 1 N–H and O–H groups in total. The molecule has 5 heteroatoms. The summed E-state index contributed by atoms with van der Waals surface area (Å²) >= 11 is 0. The standard InChI is InChI=1S/C15H21N3O2/c1-8-6-9(2)16-10(3)14(8)11(4)17-12-7-13(19)18(5)15(12)20/h6,11-12,17H,7H2,1-5H3. The maximum Gasteiger partial charge on any atom is 0.246 e. The average Bonchev–Trinajstić information content (AvgIpc) is 2.55. The molecule has 1 saturated heterocycles. The van der Waals surface area contributed by atoms with E-state index in [2.05, 4.69) is 10.3 Å². The number of carbonyl (C=O) groups excluding carboxylic acids is 2. The van der Waals surface area contributed by atoms with Gasteiger partial charge in [-0.1, -0.05) is 0 Å². The molecule has 0 aliphatic carbocycles. The topological polar surface area (TPSA) is 62.3 Å². The summed E-state index contributed by atoms with van der Waals surface area (Å²) in [5, 5.41) is 3.25. The second-order valence-electron chi connectivity index (χ2n) is 5.52. The van der Waals surface area contributed by atoms with Crippen LogP contribution in [0.5, 0.6) is 0 Å². The molecule has 0 aromatic carbocycles. The lowest BCUT2D eigenvalue weighted by Gasteiger charge is -2.21. The molecule has 1 fully saturated rings. The van der Waals surface area contributed by atoms with E-state index in [1.165, 1.54) is 11.9 Å². The van der Waals surface area contributed by atoms with Crippen molar-refractivity contribution in [2.75, 3.05) is 7.05 Å². The number of aromatic nitrogens is 1. The highest BCUT2D eigenvalue weighted by Crippen LogP contribution is 2.23. The Bertz CT molecular complexity index is 545. The summed E-state index contributed by atoms with van der Waals surface area (Å²) in [7, 11) is 1.53. The minimum absolute atomic E-state index is 0.0173. The van der Waals surface area contributed by atoms with E-state index in [4.69, 9.17) is 0 Å². The summed E-state index contributed by atoms with van der Waals surface area (Å²) in [6, 6.07) is 1.59. The third-order valence-corrected chi connectivity index (χ3v) is 3.85. The monoisotopic (exact) mass is 275 g/mol. The molecule has 2 unspecified atom stereocenters. The van der Waals surface area contributed by atoms with Gasteiger partial charge in [-0.25, -0.2) is 0 Å². The van der Waals surface area contributed by atoms with E-state index in [1.54, 1.807) is 0 Å². The van der Waals surface area contributed by atoms with Gasteiger partial charge in [0, 0.05) is 24.5 Å². The molecule has 0 saturated carbocycles. The lowest BCUT2D eigenvalue weighted by Crippen LogP contribution is -2.38. The van der Waals surface area contributed by atoms with Crippen molar-refractivity contribution in [3.05, 3.63) is 28.6 Å². The van der Waals surface area contributed by atoms with E-state index in [9.17, 15) is 9.59 Å². The Labute approximate surface area is 119 Å². The predicted molar refractivity (Wildman–Crippen MR) is 76.2 cm³/mol. The van der Waals surface area contributed by atoms with E-state index in [0.29, 0.717) is 0 Å². The molecule has 0 bridgehead atoms. The van der Waals surface area contributed by atoms with Crippen molar-refractivity contribution < 1.29 is 9.59 Å². The Morgan fingerprint density at radius 3 is 2.50 bits per heavy atom. The number of rotatable bonds is 3. The number of imide groups is 1. The molecular formula is C15H21N3O2. The number of likely N-dealkylation sites (N-methyl/N-ethyl adjacent to an activating group) is 1. The van der Waals surface area contributed by atoms with Gasteiger partial charge in [0.2, 0.25) is 11.8 Å². The Hall–Kier alpha value is -1.75. The summed E-state index contributed by atoms with van der Waals surface area (Å²) in [6.45, 7) is 7.99. The van der Waals surface area contributed by atoms with Crippen LogP contribution >= 0.6 is 0 Å². The molecule has 0 radical (unpaired) electrons. The molecule has 2 heterocycles. The fourth-order valence-corrected chi connectivity index (χ4v) is 2.96. The molecular weight excluding hydrogens is 254 g/mol. The summed E-state index contributed by atoms with van der Waals surface area (Å²) in [4.78, 5) is 29.1. The lowest BCUT2D eigenvalue weighted by atomic mass is 9.99. The van der Waals surface area contributed by atoms with E-state index in [0.717, 1.165) is 22.5 Å². The Morgan fingerprint density at radius 2 is 2.00 bits per heavy atom. The summed E-state index contributed by atoms with van der Waals surface area (Å²) in [6.07, 6.45) is 0.233. The normalized spacial score (nSPS) is 20.6. The summed E-state index contributed by atoms with van der Waals surface area (Å²) in [5.74, 6) is -0.285. The average molecular weight is 275 g/mol. The number of carbonyl (C=O) groups is 2. The van der Waals surface area contributed by atoms with Crippen molar-refractivity contribution in [2.45, 2.75) is 46.2 Å². The molecule has 20 heavy (non-hydrogen) atoms. The second kappa shape index (κ2) is 5.32. The lowest BCUT2D eigenvalue weighted by molar-refractivity contribution is -0.137. The fraction of sp³-hybridized carbons (Fsp3) is 0.533. The first-order chi connectivity index (χ1) is 9.31. The maximum absolute atomic E-state index is 11.9. The van der Waals surface area contributed by atoms with Crippen LogP contribution in [0, 0.1) is 20.8 Å². The van der Waals surface area contributed by atoms with E-state index in [-0.39, 0.29) is 24.3 Å². The number of nitrogens with zero attached hydrogens (tertiary/aromatic N) is 2. The number of likely N-dealkylation sites (tertiary alicyclic amines) is 1. The van der Waals surface area contributed by atoms with Gasteiger partial charge in [-0.3, -0.25) is 24.8 Å². The van der Waals surface area contributed by atoms with Crippen LogP contribution in [0.4, 0.5) is 0 Å². The van der Waals surface area contributed by atoms with Crippen LogP contribution in [0.2, 0.25) is 0 Å². The molecule has 1 aliphatic rings. The zero-order chi connectivity index (χ0) is 15.0. The highest BCUT2D eigenvalue weighted by atomic mass is 16.2. The van der Waals surface area contributed by atoms with Crippen molar-refractivity contribution in [2.24, 2.45) is 0 Å². The summed E-state index contributed by atoms with van der Waals surface area (Å²) < 4.78 is 0. The number of aryl methyl sites for hydroxylation is 3. The highest BCUT2D eigenvalue weighted by molar-refractivity contribution is 6.05. The number of hydrogen-bond acceptors (Lipinski definition) is 4. The van der Waals surface area contributed by atoms with Gasteiger partial charge in [0.15, 0.2) is 0 Å². The molecule has 2 atom stereocenters. The van der Waals surface area contributed by atoms with Gasteiger partial charge >= 0.3 is 0 Å². The second-order valence-corrected chi connectivity index (χ2v) is 5.52. The maximum atomic E-state index is 11.9. The molecule has 1 aromatic rings. The number of pyridine rings is 1. The van der Waals surface area contributed by atoms with Gasteiger partial charge in [-0.2, -0.15) is 0 Å². The van der Waals surface area contributed by atoms with E-state index < -0.39 is 6.04 Å². The van der Waals surface area contributed by atoms with Gasteiger partial charge in [0.1, 0.15) is 0 Å². The quantitative estimate of drug-likeness (QED) is 0.847.